The Hall–Kier alpha value is -1.78. The van der Waals surface area contributed by atoms with Crippen LogP contribution < -0.4 is 4.74 Å². The van der Waals surface area contributed by atoms with Crippen LogP contribution in [0.15, 0.2) is 9.15 Å². The third kappa shape index (κ3) is 0.372. The van der Waals surface area contributed by atoms with Crippen LogP contribution in [0.3, 0.4) is 0 Å². The van der Waals surface area contributed by atoms with Gasteiger partial charge in [-0.2, -0.15) is 0 Å². The number of benzene rings is 1. The molecule has 2 heterocycles. The number of ether oxygens (including phenoxy) is 1. The molecule has 56 valence electrons. The van der Waals surface area contributed by atoms with Crippen molar-refractivity contribution in [2.45, 2.75) is 0 Å². The molecule has 1 aromatic heterocycles. The van der Waals surface area contributed by atoms with Crippen molar-refractivity contribution in [3.8, 4) is 23.0 Å². The summed E-state index contributed by atoms with van der Waals surface area (Å²) >= 11 is 0. The monoisotopic (exact) mass is 154 g/mol. The van der Waals surface area contributed by atoms with Gasteiger partial charge < -0.3 is 14.9 Å². The van der Waals surface area contributed by atoms with Gasteiger partial charge in [0.25, 0.3) is 11.2 Å². The zero-order valence-electron chi connectivity index (χ0n) is 5.12. The number of aromatic hydroxyl groups is 2. The lowest BCUT2D eigenvalue weighted by Crippen LogP contribution is -1.72. The van der Waals surface area contributed by atoms with Crippen molar-refractivity contribution in [1.82, 2.24) is 0 Å². The Labute approximate surface area is 59.3 Å². The fourth-order valence-electron chi connectivity index (χ4n) is 1.01. The lowest BCUT2D eigenvalue weighted by molar-refractivity contribution is 0.0562. The first-order valence-corrected chi connectivity index (χ1v) is 2.93. The quantitative estimate of drug-likeness (QED) is 0.291. The lowest BCUT2D eigenvalue weighted by Gasteiger charge is -1.96. The molecule has 1 aliphatic rings. The van der Waals surface area contributed by atoms with Crippen molar-refractivity contribution in [2.24, 2.45) is 0 Å². The summed E-state index contributed by atoms with van der Waals surface area (Å²) in [4.78, 5) is 0. The van der Waals surface area contributed by atoms with Gasteiger partial charge in [0.2, 0.25) is 23.0 Å². The van der Waals surface area contributed by atoms with Gasteiger partial charge in [-0.15, -0.1) is 0 Å². The predicted molar refractivity (Wildman–Crippen MR) is 31.9 cm³/mol. The third-order valence-electron chi connectivity index (χ3n) is 1.64. The van der Waals surface area contributed by atoms with E-state index in [1.54, 1.807) is 0 Å². The molecule has 5 heteroatoms. The van der Waals surface area contributed by atoms with Crippen LogP contribution in [0.5, 0.6) is 23.0 Å². The highest BCUT2D eigenvalue weighted by Gasteiger charge is 2.38. The van der Waals surface area contributed by atoms with E-state index in [1.165, 1.54) is 0 Å². The molecule has 1 aromatic carbocycles. The molecule has 5 nitrogen and oxygen atoms in total. The summed E-state index contributed by atoms with van der Waals surface area (Å²) in [6, 6.07) is 0. The van der Waals surface area contributed by atoms with Gasteiger partial charge in [0.05, 0.1) is 0 Å². The minimum Gasteiger partial charge on any atom is -0.501 e. The average molecular weight is 154 g/mol. The van der Waals surface area contributed by atoms with Crippen molar-refractivity contribution >= 4 is 11.2 Å². The Morgan fingerprint density at radius 3 is 2.18 bits per heavy atom. The molecule has 0 saturated heterocycles. The molecule has 0 fully saturated rings. The molecule has 2 N–H and O–H groups in total. The summed E-state index contributed by atoms with van der Waals surface area (Å²) in [6.45, 7) is 0. The minimum absolute atomic E-state index is 0.138. The van der Waals surface area contributed by atoms with Gasteiger partial charge in [0.1, 0.15) is 0 Å². The van der Waals surface area contributed by atoms with Gasteiger partial charge >= 0.3 is 0 Å². The summed E-state index contributed by atoms with van der Waals surface area (Å²) < 4.78 is 13.7. The van der Waals surface area contributed by atoms with E-state index in [9.17, 15) is 0 Å². The Morgan fingerprint density at radius 2 is 1.55 bits per heavy atom. The van der Waals surface area contributed by atoms with Crippen molar-refractivity contribution in [2.75, 3.05) is 0 Å². The highest BCUT2D eigenvalue weighted by Crippen LogP contribution is 2.61. The van der Waals surface area contributed by atoms with E-state index in [1.807, 2.05) is 0 Å². The highest BCUT2D eigenvalue weighted by molar-refractivity contribution is 5.95. The summed E-state index contributed by atoms with van der Waals surface area (Å²) in [7, 11) is 0. The zero-order valence-corrected chi connectivity index (χ0v) is 5.12. The minimum atomic E-state index is -0.331. The lowest BCUT2D eigenvalue weighted by atomic mass is 10.3. The van der Waals surface area contributed by atoms with Crippen molar-refractivity contribution in [3.05, 3.63) is 0 Å². The number of rotatable bonds is 0. The van der Waals surface area contributed by atoms with Gasteiger partial charge in [0, 0.05) is 0 Å². The molecule has 0 spiro atoms. The van der Waals surface area contributed by atoms with Crippen LogP contribution in [0.4, 0.5) is 0 Å². The van der Waals surface area contributed by atoms with E-state index in [0.717, 1.165) is 0 Å². The molecule has 2 aromatic rings. The third-order valence-corrected chi connectivity index (χ3v) is 1.64. The molecule has 0 bridgehead atoms. The smallest absolute Gasteiger partial charge is 0.276 e. The van der Waals surface area contributed by atoms with E-state index in [0.29, 0.717) is 11.3 Å². The van der Waals surface area contributed by atoms with E-state index < -0.39 is 0 Å². The molecule has 0 radical (unpaired) electrons. The second-order valence-corrected chi connectivity index (χ2v) is 2.28. The maximum absolute atomic E-state index is 9.12. The topological polar surface area (TPSA) is 79.3 Å². The number of hydrogen-bond acceptors (Lipinski definition) is 5. The molecule has 0 saturated carbocycles. The molecule has 0 unspecified atom stereocenters. The Balaban J connectivity index is 2.56. The SMILES string of the molecule is Oc1c2c(c3ooc3c1O)O2. The van der Waals surface area contributed by atoms with Gasteiger partial charge in [-0.05, 0) is 0 Å². The Bertz CT molecular complexity index is 449. The summed E-state index contributed by atoms with van der Waals surface area (Å²) in [6.07, 6.45) is 0. The normalized spacial score (nSPS) is 13.1. The van der Waals surface area contributed by atoms with Crippen LogP contribution in [-0.4, -0.2) is 10.2 Å². The van der Waals surface area contributed by atoms with Crippen molar-refractivity contribution < 1.29 is 24.1 Å². The van der Waals surface area contributed by atoms with E-state index in [4.69, 9.17) is 14.9 Å². The second-order valence-electron chi connectivity index (χ2n) is 2.28. The largest absolute Gasteiger partial charge is 0.501 e. The predicted octanol–water partition coefficient (Wildman–Crippen LogP) is 1.54. The summed E-state index contributed by atoms with van der Waals surface area (Å²) in [5.74, 6) is 0.0932. The van der Waals surface area contributed by atoms with Gasteiger partial charge in [0.15, 0.2) is 0 Å². The standard InChI is InChI=1S/C6H2O5/c7-1-2(8)4-6(11-10-4)5-3(1)9-5/h7-8H. The maximum Gasteiger partial charge on any atom is 0.276 e. The molecular formula is C6H2O5. The first-order valence-electron chi connectivity index (χ1n) is 2.93. The van der Waals surface area contributed by atoms with Crippen molar-refractivity contribution in [3.63, 3.8) is 0 Å². The summed E-state index contributed by atoms with van der Waals surface area (Å²) in [5, 5.41) is 18.2. The fourth-order valence-corrected chi connectivity index (χ4v) is 1.01. The van der Waals surface area contributed by atoms with Gasteiger partial charge in [-0.25, -0.2) is 0 Å². The molecule has 3 rings (SSSR count). The Kier molecular flexibility index (Phi) is 0.522. The van der Waals surface area contributed by atoms with Crippen LogP contribution >= 0.6 is 0 Å². The number of phenolic OH excluding ortho intramolecular Hbond substituents is 2. The highest BCUT2D eigenvalue weighted by atomic mass is 17.0. The molecule has 0 atom stereocenters. The molecule has 11 heavy (non-hydrogen) atoms. The second kappa shape index (κ2) is 1.16. The molecular weight excluding hydrogens is 152 g/mol. The van der Waals surface area contributed by atoms with Crippen LogP contribution in [0, 0.1) is 0 Å². The van der Waals surface area contributed by atoms with E-state index in [-0.39, 0.29) is 22.8 Å². The van der Waals surface area contributed by atoms with E-state index >= 15 is 0 Å². The molecule has 0 aliphatic carbocycles. The van der Waals surface area contributed by atoms with Crippen LogP contribution in [0.25, 0.3) is 11.2 Å². The van der Waals surface area contributed by atoms with E-state index in [2.05, 4.69) is 9.15 Å². The number of fused-ring (bicyclic) bond motifs is 3. The molecule has 1 aliphatic heterocycles. The van der Waals surface area contributed by atoms with Crippen molar-refractivity contribution in [1.29, 1.82) is 0 Å². The molecule has 0 amide bonds. The summed E-state index contributed by atoms with van der Waals surface area (Å²) in [5.41, 5.74) is 0.494. The van der Waals surface area contributed by atoms with Gasteiger partial charge in [-0.1, -0.05) is 0 Å². The maximum atomic E-state index is 9.12. The Morgan fingerprint density at radius 1 is 0.818 bits per heavy atom. The number of phenols is 2. The zero-order chi connectivity index (χ0) is 7.59. The van der Waals surface area contributed by atoms with Crippen LogP contribution in [-0.2, 0) is 0 Å². The average Bonchev–Trinajstić information content (AvgIpc) is 2.62. The van der Waals surface area contributed by atoms with Crippen LogP contribution in [0.2, 0.25) is 0 Å². The van der Waals surface area contributed by atoms with Gasteiger partial charge in [-0.3, -0.25) is 9.15 Å². The first kappa shape index (κ1) is 4.95. The first-order chi connectivity index (χ1) is 5.29. The van der Waals surface area contributed by atoms with Crippen LogP contribution in [0.1, 0.15) is 0 Å². The fraction of sp³-hybridized carbons (Fsp3) is 0. The number of hydrogen-bond donors (Lipinski definition) is 2.